The molecule has 2 heterocycles. The summed E-state index contributed by atoms with van der Waals surface area (Å²) in [5, 5.41) is 12.8. The van der Waals surface area contributed by atoms with Gasteiger partial charge in [-0.05, 0) is 31.7 Å². The van der Waals surface area contributed by atoms with Crippen LogP contribution in [0.25, 0.3) is 11.6 Å². The Morgan fingerprint density at radius 3 is 3.11 bits per heavy atom. The molecule has 0 amide bonds. The predicted octanol–water partition coefficient (Wildman–Crippen LogP) is 2.42. The number of hydrogen-bond donors (Lipinski definition) is 1. The van der Waals surface area contributed by atoms with Crippen LogP contribution >= 0.6 is 0 Å². The maximum atomic E-state index is 8.79. The molecule has 1 unspecified atom stereocenters. The molecule has 0 spiro atoms. The Hall–Kier alpha value is -2.13. The number of H-pyrrole nitrogens is 1. The molecule has 6 heteroatoms. The fourth-order valence-electron chi connectivity index (χ4n) is 2.04. The van der Waals surface area contributed by atoms with E-state index < -0.39 is 0 Å². The summed E-state index contributed by atoms with van der Waals surface area (Å²) in [6.07, 6.45) is 3.83. The normalized spacial score (nSPS) is 16.2. The Morgan fingerprint density at radius 2 is 2.47 bits per heavy atom. The second-order valence-electron chi connectivity index (χ2n) is 4.58. The van der Waals surface area contributed by atoms with E-state index in [1.807, 2.05) is 13.0 Å². The van der Waals surface area contributed by atoms with Gasteiger partial charge in [-0.1, -0.05) is 5.16 Å². The lowest BCUT2D eigenvalue weighted by atomic mass is 10.2. The zero-order valence-corrected chi connectivity index (χ0v) is 10.6. The van der Waals surface area contributed by atoms with E-state index >= 15 is 0 Å². The molecule has 0 aliphatic heterocycles. The van der Waals surface area contributed by atoms with Crippen LogP contribution in [0.2, 0.25) is 0 Å². The van der Waals surface area contributed by atoms with Gasteiger partial charge in [0.2, 0.25) is 5.82 Å². The summed E-state index contributed by atoms with van der Waals surface area (Å²) in [5.41, 5.74) is 1.19. The van der Waals surface area contributed by atoms with Crippen LogP contribution in [-0.2, 0) is 4.74 Å². The summed E-state index contributed by atoms with van der Waals surface area (Å²) in [7, 11) is 0. The number of aromatic amines is 1. The second-order valence-corrected chi connectivity index (χ2v) is 4.58. The Labute approximate surface area is 110 Å². The molecule has 1 saturated carbocycles. The number of hydrogen-bond acceptors (Lipinski definition) is 5. The number of nitrogens with one attached hydrogen (secondary N) is 1. The molecule has 1 atom stereocenters. The van der Waals surface area contributed by atoms with Crippen molar-refractivity contribution in [2.24, 2.45) is 5.92 Å². The molecule has 1 fully saturated rings. The third-order valence-corrected chi connectivity index (χ3v) is 3.14. The van der Waals surface area contributed by atoms with Crippen molar-refractivity contribution in [1.29, 1.82) is 5.26 Å². The van der Waals surface area contributed by atoms with Crippen LogP contribution in [-0.4, -0.2) is 21.7 Å². The Balaban J connectivity index is 1.83. The molecule has 2 aromatic rings. The molecule has 1 aliphatic carbocycles. The predicted molar refractivity (Wildman–Crippen MR) is 65.9 cm³/mol. The first-order valence-corrected chi connectivity index (χ1v) is 6.36. The lowest BCUT2D eigenvalue weighted by Gasteiger charge is -2.10. The smallest absolute Gasteiger partial charge is 0.274 e. The van der Waals surface area contributed by atoms with Crippen LogP contribution < -0.4 is 0 Å². The van der Waals surface area contributed by atoms with Gasteiger partial charge in [-0.15, -0.1) is 0 Å². The monoisotopic (exact) mass is 258 g/mol. The highest BCUT2D eigenvalue weighted by Crippen LogP contribution is 2.42. The highest BCUT2D eigenvalue weighted by Gasteiger charge is 2.36. The fraction of sp³-hybridized carbons (Fsp3) is 0.462. The summed E-state index contributed by atoms with van der Waals surface area (Å²) >= 11 is 0. The lowest BCUT2D eigenvalue weighted by Crippen LogP contribution is -2.08. The fourth-order valence-corrected chi connectivity index (χ4v) is 2.04. The number of ether oxygens (including phenoxy) is 1. The van der Waals surface area contributed by atoms with E-state index in [0.29, 0.717) is 35.5 Å². The van der Waals surface area contributed by atoms with Gasteiger partial charge in [0.15, 0.2) is 0 Å². The van der Waals surface area contributed by atoms with Crippen molar-refractivity contribution in [3.8, 4) is 17.7 Å². The van der Waals surface area contributed by atoms with Gasteiger partial charge in [-0.25, -0.2) is 0 Å². The van der Waals surface area contributed by atoms with Crippen molar-refractivity contribution in [2.45, 2.75) is 25.9 Å². The second kappa shape index (κ2) is 4.86. The number of nitrogens with zero attached hydrogens (tertiary/aromatic N) is 3. The average Bonchev–Trinajstić information content (AvgIpc) is 2.96. The SMILES string of the molecule is CCOC(c1noc(-c2cc(C#N)c[nH]2)n1)C1CC1. The molecular weight excluding hydrogens is 244 g/mol. The number of aromatic nitrogens is 3. The summed E-state index contributed by atoms with van der Waals surface area (Å²) in [5.74, 6) is 1.48. The van der Waals surface area contributed by atoms with E-state index in [1.165, 1.54) is 0 Å². The largest absolute Gasteiger partial charge is 0.370 e. The molecule has 98 valence electrons. The molecule has 0 bridgehead atoms. The first-order chi connectivity index (χ1) is 9.31. The lowest BCUT2D eigenvalue weighted by molar-refractivity contribution is 0.0385. The molecular formula is C13H14N4O2. The van der Waals surface area contributed by atoms with Gasteiger partial charge < -0.3 is 14.2 Å². The van der Waals surface area contributed by atoms with E-state index in [-0.39, 0.29) is 6.10 Å². The summed E-state index contributed by atoms with van der Waals surface area (Å²) in [6.45, 7) is 2.59. The van der Waals surface area contributed by atoms with Gasteiger partial charge in [-0.3, -0.25) is 0 Å². The van der Waals surface area contributed by atoms with Crippen molar-refractivity contribution in [1.82, 2.24) is 15.1 Å². The first kappa shape index (κ1) is 11.9. The maximum absolute atomic E-state index is 8.79. The van der Waals surface area contributed by atoms with E-state index in [9.17, 15) is 0 Å². The Kier molecular flexibility index (Phi) is 3.05. The highest BCUT2D eigenvalue weighted by molar-refractivity contribution is 5.51. The van der Waals surface area contributed by atoms with Gasteiger partial charge in [0, 0.05) is 12.8 Å². The minimum Gasteiger partial charge on any atom is -0.370 e. The first-order valence-electron chi connectivity index (χ1n) is 6.36. The third-order valence-electron chi connectivity index (χ3n) is 3.14. The van der Waals surface area contributed by atoms with Gasteiger partial charge in [0.05, 0.1) is 5.56 Å². The van der Waals surface area contributed by atoms with Crippen LogP contribution in [0, 0.1) is 17.2 Å². The number of nitriles is 1. The molecule has 19 heavy (non-hydrogen) atoms. The minimum atomic E-state index is -0.0760. The minimum absolute atomic E-state index is 0.0760. The summed E-state index contributed by atoms with van der Waals surface area (Å²) in [4.78, 5) is 7.31. The van der Waals surface area contributed by atoms with Gasteiger partial charge >= 0.3 is 0 Å². The molecule has 0 saturated heterocycles. The maximum Gasteiger partial charge on any atom is 0.274 e. The Bertz CT molecular complexity index is 606. The number of rotatable bonds is 5. The van der Waals surface area contributed by atoms with Crippen molar-refractivity contribution >= 4 is 0 Å². The summed E-state index contributed by atoms with van der Waals surface area (Å²) < 4.78 is 10.9. The topological polar surface area (TPSA) is 87.7 Å². The van der Waals surface area contributed by atoms with Crippen LogP contribution in [0.5, 0.6) is 0 Å². The summed E-state index contributed by atoms with van der Waals surface area (Å²) in [6, 6.07) is 3.73. The zero-order valence-electron chi connectivity index (χ0n) is 10.6. The van der Waals surface area contributed by atoms with E-state index in [2.05, 4.69) is 15.1 Å². The third kappa shape index (κ3) is 2.37. The van der Waals surface area contributed by atoms with Gasteiger partial charge in [0.1, 0.15) is 17.9 Å². The quantitative estimate of drug-likeness (QED) is 0.889. The van der Waals surface area contributed by atoms with Crippen molar-refractivity contribution in [3.05, 3.63) is 23.7 Å². The van der Waals surface area contributed by atoms with Crippen LogP contribution in [0.3, 0.4) is 0 Å². The molecule has 0 radical (unpaired) electrons. The van der Waals surface area contributed by atoms with E-state index in [1.54, 1.807) is 12.3 Å². The molecule has 1 N–H and O–H groups in total. The van der Waals surface area contributed by atoms with Gasteiger partial charge in [-0.2, -0.15) is 10.2 Å². The Morgan fingerprint density at radius 1 is 1.63 bits per heavy atom. The van der Waals surface area contributed by atoms with Crippen molar-refractivity contribution < 1.29 is 9.26 Å². The van der Waals surface area contributed by atoms with Crippen molar-refractivity contribution in [2.75, 3.05) is 6.61 Å². The van der Waals surface area contributed by atoms with Crippen LogP contribution in [0.4, 0.5) is 0 Å². The molecule has 6 nitrogen and oxygen atoms in total. The molecule has 2 aromatic heterocycles. The zero-order chi connectivity index (χ0) is 13.2. The standard InChI is InChI=1S/C13H14N4O2/c1-2-18-11(9-3-4-9)12-16-13(19-17-12)10-5-8(6-14)7-15-10/h5,7,9,11,15H,2-4H2,1H3. The molecule has 0 aromatic carbocycles. The van der Waals surface area contributed by atoms with Crippen LogP contribution in [0.15, 0.2) is 16.8 Å². The van der Waals surface area contributed by atoms with Crippen LogP contribution in [0.1, 0.15) is 37.3 Å². The van der Waals surface area contributed by atoms with E-state index in [0.717, 1.165) is 12.8 Å². The van der Waals surface area contributed by atoms with Crippen molar-refractivity contribution in [3.63, 3.8) is 0 Å². The molecule has 1 aliphatic rings. The van der Waals surface area contributed by atoms with Gasteiger partial charge in [0.25, 0.3) is 5.89 Å². The van der Waals surface area contributed by atoms with E-state index in [4.69, 9.17) is 14.5 Å². The average molecular weight is 258 g/mol. The highest BCUT2D eigenvalue weighted by atomic mass is 16.5. The molecule has 3 rings (SSSR count).